The van der Waals surface area contributed by atoms with Crippen LogP contribution in [0.2, 0.25) is 0 Å². The lowest BCUT2D eigenvalue weighted by atomic mass is 10.2. The Hall–Kier alpha value is -0.760. The van der Waals surface area contributed by atoms with Crippen molar-refractivity contribution in [2.75, 3.05) is 32.7 Å². The van der Waals surface area contributed by atoms with E-state index in [4.69, 9.17) is 14.6 Å². The highest BCUT2D eigenvalue weighted by molar-refractivity contribution is 9.10. The Morgan fingerprint density at radius 1 is 1.37 bits per heavy atom. The molecule has 0 heterocycles. The molecule has 1 unspecified atom stereocenters. The van der Waals surface area contributed by atoms with Gasteiger partial charge in [0.15, 0.2) is 0 Å². The minimum absolute atomic E-state index is 0.103. The summed E-state index contributed by atoms with van der Waals surface area (Å²) in [6.07, 6.45) is 0. The lowest BCUT2D eigenvalue weighted by molar-refractivity contribution is 0.0695. The first kappa shape index (κ1) is 16.3. The molecule has 1 N–H and O–H groups in total. The van der Waals surface area contributed by atoms with Crippen LogP contribution in [0.15, 0.2) is 27.6 Å². The van der Waals surface area contributed by atoms with Crippen molar-refractivity contribution in [1.29, 1.82) is 0 Å². The number of carboxylic acids is 1. The summed E-state index contributed by atoms with van der Waals surface area (Å²) in [6.45, 7) is 1.29. The van der Waals surface area contributed by atoms with Crippen molar-refractivity contribution in [3.05, 3.63) is 28.2 Å². The van der Waals surface area contributed by atoms with E-state index in [9.17, 15) is 9.00 Å². The first-order chi connectivity index (χ1) is 9.06. The molecule has 5 nitrogen and oxygen atoms in total. The second-order valence-electron chi connectivity index (χ2n) is 3.60. The molecule has 0 aliphatic heterocycles. The molecule has 0 bridgehead atoms. The number of rotatable bonds is 8. The van der Waals surface area contributed by atoms with E-state index >= 15 is 0 Å². The van der Waals surface area contributed by atoms with Crippen LogP contribution in [0.5, 0.6) is 0 Å². The number of carboxylic acid groups (broad SMARTS) is 1. The fraction of sp³-hybridized carbons (Fsp3) is 0.417. The van der Waals surface area contributed by atoms with Gasteiger partial charge in [-0.1, -0.05) is 0 Å². The lowest BCUT2D eigenvalue weighted by Crippen LogP contribution is -2.10. The van der Waals surface area contributed by atoms with E-state index in [0.717, 1.165) is 0 Å². The van der Waals surface area contributed by atoms with Gasteiger partial charge in [0, 0.05) is 16.5 Å². The van der Waals surface area contributed by atoms with Gasteiger partial charge in [0.05, 0.1) is 41.9 Å². The van der Waals surface area contributed by atoms with Gasteiger partial charge in [0.2, 0.25) is 0 Å². The number of halogens is 1. The molecule has 0 aromatic heterocycles. The largest absolute Gasteiger partial charge is 0.478 e. The van der Waals surface area contributed by atoms with Crippen molar-refractivity contribution in [3.63, 3.8) is 0 Å². The average Bonchev–Trinajstić information content (AvgIpc) is 2.38. The maximum atomic E-state index is 12.0. The third-order valence-electron chi connectivity index (χ3n) is 2.28. The normalized spacial score (nSPS) is 12.3. The summed E-state index contributed by atoms with van der Waals surface area (Å²) in [7, 11) is 0.306. The second-order valence-corrected chi connectivity index (χ2v) is 6.03. The van der Waals surface area contributed by atoms with Gasteiger partial charge >= 0.3 is 5.97 Å². The minimum atomic E-state index is -1.27. The van der Waals surface area contributed by atoms with E-state index in [-0.39, 0.29) is 5.56 Å². The molecule has 0 saturated heterocycles. The van der Waals surface area contributed by atoms with E-state index in [0.29, 0.717) is 34.9 Å². The Kier molecular flexibility index (Phi) is 7.22. The molecule has 0 spiro atoms. The minimum Gasteiger partial charge on any atom is -0.478 e. The van der Waals surface area contributed by atoms with E-state index in [2.05, 4.69) is 15.9 Å². The van der Waals surface area contributed by atoms with Gasteiger partial charge in [-0.05, 0) is 34.1 Å². The SMILES string of the molecule is COCCOCCS(=O)c1ccc(Br)c(C(=O)O)c1. The number of aromatic carboxylic acids is 1. The molecular weight excluding hydrogens is 336 g/mol. The first-order valence-corrected chi connectivity index (χ1v) is 7.65. The lowest BCUT2D eigenvalue weighted by Gasteiger charge is -2.06. The molecule has 0 saturated carbocycles. The van der Waals surface area contributed by atoms with Crippen LogP contribution in [0, 0.1) is 0 Å². The number of benzene rings is 1. The molecule has 0 fully saturated rings. The third-order valence-corrected chi connectivity index (χ3v) is 4.28. The Labute approximate surface area is 122 Å². The van der Waals surface area contributed by atoms with Crippen LogP contribution in [-0.2, 0) is 20.3 Å². The zero-order valence-electron chi connectivity index (χ0n) is 10.4. The molecule has 0 amide bonds. The smallest absolute Gasteiger partial charge is 0.336 e. The highest BCUT2D eigenvalue weighted by Gasteiger charge is 2.12. The van der Waals surface area contributed by atoms with Gasteiger partial charge < -0.3 is 14.6 Å². The molecule has 7 heteroatoms. The van der Waals surface area contributed by atoms with Gasteiger partial charge in [0.25, 0.3) is 0 Å². The maximum absolute atomic E-state index is 12.0. The molecule has 0 aliphatic carbocycles. The highest BCUT2D eigenvalue weighted by Crippen LogP contribution is 2.20. The molecule has 106 valence electrons. The van der Waals surface area contributed by atoms with Crippen molar-refractivity contribution in [2.24, 2.45) is 0 Å². The maximum Gasteiger partial charge on any atom is 0.336 e. The van der Waals surface area contributed by atoms with E-state index in [1.807, 2.05) is 0 Å². The average molecular weight is 351 g/mol. The van der Waals surface area contributed by atoms with E-state index in [1.54, 1.807) is 19.2 Å². The zero-order valence-corrected chi connectivity index (χ0v) is 12.8. The second kappa shape index (κ2) is 8.42. The third kappa shape index (κ3) is 5.40. The predicted octanol–water partition coefficient (Wildman–Crippen LogP) is 1.92. The summed E-state index contributed by atoms with van der Waals surface area (Å²) in [5, 5.41) is 8.98. The van der Waals surface area contributed by atoms with Crippen molar-refractivity contribution < 1.29 is 23.6 Å². The van der Waals surface area contributed by atoms with Gasteiger partial charge in [-0.3, -0.25) is 4.21 Å². The van der Waals surface area contributed by atoms with Crippen LogP contribution < -0.4 is 0 Å². The molecule has 1 atom stereocenters. The molecule has 0 radical (unpaired) electrons. The quantitative estimate of drug-likeness (QED) is 0.725. The number of ether oxygens (including phenoxy) is 2. The summed E-state index contributed by atoms with van der Waals surface area (Å²) in [5.74, 6) is -0.730. The monoisotopic (exact) mass is 350 g/mol. The molecular formula is C12H15BrO5S. The van der Waals surface area contributed by atoms with Crippen LogP contribution in [0.3, 0.4) is 0 Å². The fourth-order valence-corrected chi connectivity index (χ4v) is 2.70. The van der Waals surface area contributed by atoms with Crippen molar-refractivity contribution in [1.82, 2.24) is 0 Å². The van der Waals surface area contributed by atoms with Gasteiger partial charge in [-0.2, -0.15) is 0 Å². The van der Waals surface area contributed by atoms with Crippen LogP contribution in [0.25, 0.3) is 0 Å². The van der Waals surface area contributed by atoms with E-state index < -0.39 is 16.8 Å². The summed E-state index contributed by atoms with van der Waals surface area (Å²) in [4.78, 5) is 11.4. The topological polar surface area (TPSA) is 72.8 Å². The zero-order chi connectivity index (χ0) is 14.3. The number of carbonyl (C=O) groups is 1. The Morgan fingerprint density at radius 2 is 2.11 bits per heavy atom. The fourth-order valence-electron chi connectivity index (χ4n) is 1.31. The summed E-state index contributed by atoms with van der Waals surface area (Å²) in [5.41, 5.74) is 0.103. The predicted molar refractivity (Wildman–Crippen MR) is 75.1 cm³/mol. The number of hydrogen-bond donors (Lipinski definition) is 1. The van der Waals surface area contributed by atoms with E-state index in [1.165, 1.54) is 6.07 Å². The Morgan fingerprint density at radius 3 is 2.74 bits per heavy atom. The molecule has 0 aliphatic rings. The van der Waals surface area contributed by atoms with Gasteiger partial charge in [0.1, 0.15) is 0 Å². The Balaban J connectivity index is 2.57. The Bertz CT molecular complexity index is 463. The molecule has 19 heavy (non-hydrogen) atoms. The summed E-state index contributed by atoms with van der Waals surface area (Å²) in [6, 6.07) is 4.64. The summed E-state index contributed by atoms with van der Waals surface area (Å²) >= 11 is 3.14. The standard InChI is InChI=1S/C12H15BrO5S/c1-17-4-5-18-6-7-19(16)9-2-3-11(13)10(8-9)12(14)15/h2-3,8H,4-7H2,1H3,(H,14,15). The summed E-state index contributed by atoms with van der Waals surface area (Å²) < 4.78 is 22.5. The number of methoxy groups -OCH3 is 1. The van der Waals surface area contributed by atoms with Crippen LogP contribution in [-0.4, -0.2) is 48.0 Å². The van der Waals surface area contributed by atoms with Crippen LogP contribution in [0.1, 0.15) is 10.4 Å². The van der Waals surface area contributed by atoms with Crippen molar-refractivity contribution in [2.45, 2.75) is 4.90 Å². The molecule has 1 rings (SSSR count). The van der Waals surface area contributed by atoms with Crippen LogP contribution >= 0.6 is 15.9 Å². The highest BCUT2D eigenvalue weighted by atomic mass is 79.9. The first-order valence-electron chi connectivity index (χ1n) is 5.54. The van der Waals surface area contributed by atoms with Gasteiger partial charge in [-0.15, -0.1) is 0 Å². The van der Waals surface area contributed by atoms with Gasteiger partial charge in [-0.25, -0.2) is 4.79 Å². The van der Waals surface area contributed by atoms with Crippen molar-refractivity contribution in [3.8, 4) is 0 Å². The molecule has 1 aromatic carbocycles. The van der Waals surface area contributed by atoms with Crippen molar-refractivity contribution >= 4 is 32.7 Å². The number of hydrogen-bond acceptors (Lipinski definition) is 4. The van der Waals surface area contributed by atoms with Crippen LogP contribution in [0.4, 0.5) is 0 Å². The molecule has 1 aromatic rings.